The summed E-state index contributed by atoms with van der Waals surface area (Å²) in [7, 11) is 1.67. The van der Waals surface area contributed by atoms with E-state index in [-0.39, 0.29) is 29.6 Å². The van der Waals surface area contributed by atoms with E-state index in [4.69, 9.17) is 9.47 Å². The fourth-order valence-corrected chi connectivity index (χ4v) is 8.18. The zero-order chi connectivity index (χ0) is 21.3. The first-order valence-electron chi connectivity index (χ1n) is 11.9. The van der Waals surface area contributed by atoms with Crippen molar-refractivity contribution in [2.24, 2.45) is 34.5 Å². The van der Waals surface area contributed by atoms with Gasteiger partial charge in [0.1, 0.15) is 0 Å². The van der Waals surface area contributed by atoms with Crippen LogP contribution in [0.25, 0.3) is 0 Å². The summed E-state index contributed by atoms with van der Waals surface area (Å²) >= 11 is 0. The summed E-state index contributed by atoms with van der Waals surface area (Å²) in [6.07, 6.45) is 9.11. The van der Waals surface area contributed by atoms with Gasteiger partial charge in [-0.25, -0.2) is 0 Å². The molecular weight excluding hydrogens is 380 g/mol. The lowest BCUT2D eigenvalue weighted by Crippen LogP contribution is -2.63. The molecule has 0 bridgehead atoms. The first-order chi connectivity index (χ1) is 14.3. The third-order valence-corrected chi connectivity index (χ3v) is 9.87. The molecule has 0 saturated heterocycles. The molecule has 3 N–H and O–H groups in total. The van der Waals surface area contributed by atoms with Crippen LogP contribution >= 0.6 is 0 Å². The molecule has 10 atom stereocenters. The van der Waals surface area contributed by atoms with Crippen molar-refractivity contribution in [2.45, 2.75) is 83.4 Å². The molecule has 1 heterocycles. The standard InChI is InChI=1S/C25H38O5/c1-24-11-10-16(26)12-15(24)5-6-17-19-8-7-18(14-4-9-20(29-3)30-13-14)25(19,2)23(28)22(27)21(17)24/h4,8,15-18,20-23,26-28H,5-7,9-13H2,1-3H3/t15?,16-,17-,18+,20?,21+,22-,23-,24-,25+/m0/s1. The van der Waals surface area contributed by atoms with Gasteiger partial charge in [-0.3, -0.25) is 0 Å². The molecule has 168 valence electrons. The quantitative estimate of drug-likeness (QED) is 0.600. The molecule has 30 heavy (non-hydrogen) atoms. The van der Waals surface area contributed by atoms with Crippen LogP contribution in [-0.4, -0.2) is 53.6 Å². The van der Waals surface area contributed by atoms with Crippen LogP contribution in [0.15, 0.2) is 23.3 Å². The normalized spacial score (nSPS) is 53.3. The highest BCUT2D eigenvalue weighted by molar-refractivity contribution is 5.37. The maximum Gasteiger partial charge on any atom is 0.161 e. The summed E-state index contributed by atoms with van der Waals surface area (Å²) in [4.78, 5) is 0. The van der Waals surface area contributed by atoms with E-state index in [1.807, 2.05) is 0 Å². The van der Waals surface area contributed by atoms with E-state index in [0.29, 0.717) is 18.4 Å². The van der Waals surface area contributed by atoms with Crippen molar-refractivity contribution in [3.05, 3.63) is 23.3 Å². The monoisotopic (exact) mass is 418 g/mol. The highest BCUT2D eigenvalue weighted by Gasteiger charge is 2.64. The summed E-state index contributed by atoms with van der Waals surface area (Å²) in [6, 6.07) is 0. The second-order valence-corrected chi connectivity index (χ2v) is 11.0. The first kappa shape index (κ1) is 21.1. The zero-order valence-corrected chi connectivity index (χ0v) is 18.6. The van der Waals surface area contributed by atoms with Crippen molar-refractivity contribution in [1.29, 1.82) is 0 Å². The maximum absolute atomic E-state index is 11.6. The van der Waals surface area contributed by atoms with Crippen LogP contribution in [0.1, 0.15) is 58.8 Å². The van der Waals surface area contributed by atoms with E-state index < -0.39 is 17.6 Å². The van der Waals surface area contributed by atoms with Gasteiger partial charge in [-0.15, -0.1) is 0 Å². The minimum Gasteiger partial charge on any atom is -0.393 e. The van der Waals surface area contributed by atoms with Crippen LogP contribution in [0.3, 0.4) is 0 Å². The Kier molecular flexibility index (Phi) is 5.22. The molecule has 0 aromatic heterocycles. The van der Waals surface area contributed by atoms with Gasteiger partial charge < -0.3 is 24.8 Å². The van der Waals surface area contributed by atoms with Crippen LogP contribution in [0.2, 0.25) is 0 Å². The van der Waals surface area contributed by atoms with Crippen LogP contribution in [0.4, 0.5) is 0 Å². The SMILES string of the molecule is COC1CC=C([C@H]2CC=C3[C@@H]4CCC5C[C@@H](O)CC[C@]5(C)[C@H]4[C@H](O)[C@H](O)[C@@]32C)CO1. The molecule has 5 heteroatoms. The number of rotatable bonds is 2. The Morgan fingerprint density at radius 3 is 2.57 bits per heavy atom. The molecule has 0 amide bonds. The lowest BCUT2D eigenvalue weighted by Gasteiger charge is -2.62. The molecule has 3 fully saturated rings. The van der Waals surface area contributed by atoms with Crippen molar-refractivity contribution >= 4 is 0 Å². The lowest BCUT2D eigenvalue weighted by atomic mass is 9.44. The van der Waals surface area contributed by atoms with Crippen molar-refractivity contribution in [2.75, 3.05) is 13.7 Å². The van der Waals surface area contributed by atoms with Crippen molar-refractivity contribution in [3.8, 4) is 0 Å². The molecule has 5 nitrogen and oxygen atoms in total. The number of ether oxygens (including phenoxy) is 2. The van der Waals surface area contributed by atoms with E-state index in [1.54, 1.807) is 7.11 Å². The molecule has 5 rings (SSSR count). The van der Waals surface area contributed by atoms with Crippen LogP contribution in [0, 0.1) is 34.5 Å². The van der Waals surface area contributed by atoms with E-state index in [9.17, 15) is 15.3 Å². The Morgan fingerprint density at radius 2 is 1.87 bits per heavy atom. The topological polar surface area (TPSA) is 79.2 Å². The summed E-state index contributed by atoms with van der Waals surface area (Å²) < 4.78 is 11.2. The highest BCUT2D eigenvalue weighted by atomic mass is 16.7. The van der Waals surface area contributed by atoms with Crippen LogP contribution in [0.5, 0.6) is 0 Å². The number of hydrogen-bond donors (Lipinski definition) is 3. The number of aliphatic hydroxyl groups excluding tert-OH is 3. The van der Waals surface area contributed by atoms with E-state index >= 15 is 0 Å². The average molecular weight is 419 g/mol. The first-order valence-corrected chi connectivity index (χ1v) is 11.9. The fraction of sp³-hybridized carbons (Fsp3) is 0.840. The van der Waals surface area contributed by atoms with Gasteiger partial charge >= 0.3 is 0 Å². The Hall–Kier alpha value is -0.720. The van der Waals surface area contributed by atoms with Crippen molar-refractivity contribution in [3.63, 3.8) is 0 Å². The number of methoxy groups -OCH3 is 1. The van der Waals surface area contributed by atoms with Gasteiger partial charge in [-0.1, -0.05) is 31.6 Å². The molecular formula is C25H38O5. The summed E-state index contributed by atoms with van der Waals surface area (Å²) in [5, 5.41) is 33.3. The van der Waals surface area contributed by atoms with Crippen LogP contribution in [-0.2, 0) is 9.47 Å². The molecule has 3 saturated carbocycles. The van der Waals surface area contributed by atoms with Gasteiger partial charge in [0, 0.05) is 18.9 Å². The lowest BCUT2D eigenvalue weighted by molar-refractivity contribution is -0.185. The van der Waals surface area contributed by atoms with Gasteiger partial charge in [-0.2, -0.15) is 0 Å². The van der Waals surface area contributed by atoms with Crippen molar-refractivity contribution < 1.29 is 24.8 Å². The minimum absolute atomic E-state index is 0.0122. The Bertz CT molecular complexity index is 746. The highest BCUT2D eigenvalue weighted by Crippen LogP contribution is 2.66. The molecule has 0 aromatic carbocycles. The third-order valence-electron chi connectivity index (χ3n) is 9.87. The molecule has 4 aliphatic carbocycles. The summed E-state index contributed by atoms with van der Waals surface area (Å²) in [6.45, 7) is 5.02. The predicted octanol–water partition coefficient (Wildman–Crippen LogP) is 3.19. The fourth-order valence-electron chi connectivity index (χ4n) is 8.18. The van der Waals surface area contributed by atoms with Crippen LogP contribution < -0.4 is 0 Å². The maximum atomic E-state index is 11.6. The van der Waals surface area contributed by atoms with Gasteiger partial charge in [-0.05, 0) is 73.2 Å². The smallest absolute Gasteiger partial charge is 0.161 e. The largest absolute Gasteiger partial charge is 0.393 e. The van der Waals surface area contributed by atoms with E-state index in [1.165, 1.54) is 11.1 Å². The Morgan fingerprint density at radius 1 is 1.07 bits per heavy atom. The van der Waals surface area contributed by atoms with Gasteiger partial charge in [0.15, 0.2) is 6.29 Å². The van der Waals surface area contributed by atoms with Gasteiger partial charge in [0.2, 0.25) is 0 Å². The molecule has 0 spiro atoms. The summed E-state index contributed by atoms with van der Waals surface area (Å²) in [5.41, 5.74) is 2.16. The molecule has 5 aliphatic rings. The minimum atomic E-state index is -0.777. The molecule has 0 aromatic rings. The van der Waals surface area contributed by atoms with Gasteiger partial charge in [0.25, 0.3) is 0 Å². The van der Waals surface area contributed by atoms with Gasteiger partial charge in [0.05, 0.1) is 24.9 Å². The molecule has 1 aliphatic heterocycles. The second kappa shape index (κ2) is 7.41. The average Bonchev–Trinajstić information content (AvgIpc) is 3.10. The predicted molar refractivity (Wildman–Crippen MR) is 113 cm³/mol. The number of allylic oxidation sites excluding steroid dienone is 1. The van der Waals surface area contributed by atoms with Crippen molar-refractivity contribution in [1.82, 2.24) is 0 Å². The number of fused-ring (bicyclic) bond motifs is 5. The molecule has 0 radical (unpaired) electrons. The third kappa shape index (κ3) is 2.85. The van der Waals surface area contributed by atoms with E-state index in [0.717, 1.165) is 44.9 Å². The summed E-state index contributed by atoms with van der Waals surface area (Å²) in [5.74, 6) is 1.01. The molecule has 2 unspecified atom stereocenters. The second-order valence-electron chi connectivity index (χ2n) is 11.0. The Labute approximate surface area is 180 Å². The zero-order valence-electron chi connectivity index (χ0n) is 18.6. The number of hydrogen-bond acceptors (Lipinski definition) is 5. The van der Waals surface area contributed by atoms with E-state index in [2.05, 4.69) is 26.0 Å². The number of aliphatic hydroxyl groups is 3. The Balaban J connectivity index is 1.46.